The Morgan fingerprint density at radius 1 is 1.24 bits per heavy atom. The van der Waals surface area contributed by atoms with Crippen LogP contribution in [0.3, 0.4) is 0 Å². The van der Waals surface area contributed by atoms with Crippen molar-refractivity contribution in [2.75, 3.05) is 5.01 Å². The van der Waals surface area contributed by atoms with E-state index in [9.17, 15) is 0 Å². The lowest BCUT2D eigenvalue weighted by Gasteiger charge is -2.26. The van der Waals surface area contributed by atoms with Gasteiger partial charge in [-0.15, -0.1) is 11.3 Å². The summed E-state index contributed by atoms with van der Waals surface area (Å²) in [5.74, 6) is 0. The summed E-state index contributed by atoms with van der Waals surface area (Å²) in [7, 11) is 0. The summed E-state index contributed by atoms with van der Waals surface area (Å²) in [5, 5.41) is 8.89. The normalized spacial score (nSPS) is 17.0. The molecule has 0 atom stereocenters. The molecule has 110 valence electrons. The van der Waals surface area contributed by atoms with Crippen LogP contribution in [0, 0.1) is 0 Å². The Kier molecular flexibility index (Phi) is 3.93. The molecular formula is C15H18N4S2. The quantitative estimate of drug-likeness (QED) is 0.844. The van der Waals surface area contributed by atoms with Crippen LogP contribution < -0.4 is 15.8 Å². The molecule has 2 heterocycles. The van der Waals surface area contributed by atoms with Crippen LogP contribution in [0.25, 0.3) is 11.3 Å². The van der Waals surface area contributed by atoms with Crippen molar-refractivity contribution in [1.29, 1.82) is 0 Å². The Bertz CT molecular complexity index is 634. The highest BCUT2D eigenvalue weighted by molar-refractivity contribution is 7.80. The van der Waals surface area contributed by atoms with Crippen molar-refractivity contribution in [3.63, 3.8) is 0 Å². The van der Waals surface area contributed by atoms with Crippen LogP contribution >= 0.6 is 23.6 Å². The predicted molar refractivity (Wildman–Crippen MR) is 92.2 cm³/mol. The number of hydrogen-bond donors (Lipinski definition) is 2. The van der Waals surface area contributed by atoms with Crippen molar-refractivity contribution in [1.82, 2.24) is 15.7 Å². The number of nitrogens with one attached hydrogen (secondary N) is 2. The van der Waals surface area contributed by atoms with Crippen molar-refractivity contribution < 1.29 is 0 Å². The number of hydrogen-bond acceptors (Lipinski definition) is 4. The van der Waals surface area contributed by atoms with E-state index in [1.54, 1.807) is 11.3 Å². The van der Waals surface area contributed by atoms with Gasteiger partial charge in [-0.1, -0.05) is 44.2 Å². The van der Waals surface area contributed by atoms with E-state index in [2.05, 4.69) is 42.1 Å². The molecule has 0 unspecified atom stereocenters. The molecule has 1 aliphatic rings. The van der Waals surface area contributed by atoms with Crippen LogP contribution in [-0.2, 0) is 0 Å². The molecular weight excluding hydrogens is 300 g/mol. The number of aromatic nitrogens is 1. The fourth-order valence-electron chi connectivity index (χ4n) is 2.38. The maximum absolute atomic E-state index is 5.45. The highest BCUT2D eigenvalue weighted by Gasteiger charge is 2.38. The van der Waals surface area contributed by atoms with E-state index >= 15 is 0 Å². The van der Waals surface area contributed by atoms with E-state index in [-0.39, 0.29) is 5.66 Å². The Labute approximate surface area is 134 Å². The first kappa shape index (κ1) is 14.4. The molecule has 0 spiro atoms. The van der Waals surface area contributed by atoms with Crippen LogP contribution in [-0.4, -0.2) is 15.8 Å². The summed E-state index contributed by atoms with van der Waals surface area (Å²) in [6.07, 6.45) is 1.91. The number of nitrogens with zero attached hydrogens (tertiary/aromatic N) is 2. The van der Waals surface area contributed by atoms with Crippen molar-refractivity contribution in [2.24, 2.45) is 0 Å². The molecule has 1 fully saturated rings. The van der Waals surface area contributed by atoms with Gasteiger partial charge in [0.05, 0.1) is 5.69 Å². The number of hydrazine groups is 1. The van der Waals surface area contributed by atoms with Crippen LogP contribution in [0.1, 0.15) is 26.7 Å². The van der Waals surface area contributed by atoms with Gasteiger partial charge in [0.25, 0.3) is 0 Å². The van der Waals surface area contributed by atoms with Gasteiger partial charge < -0.3 is 5.32 Å². The van der Waals surface area contributed by atoms with Gasteiger partial charge >= 0.3 is 0 Å². The zero-order valence-electron chi connectivity index (χ0n) is 12.1. The van der Waals surface area contributed by atoms with Gasteiger partial charge in [0.1, 0.15) is 5.66 Å². The van der Waals surface area contributed by atoms with E-state index in [0.29, 0.717) is 5.11 Å². The van der Waals surface area contributed by atoms with E-state index in [1.165, 1.54) is 0 Å². The number of anilines is 1. The molecule has 1 aliphatic heterocycles. The van der Waals surface area contributed by atoms with E-state index in [0.717, 1.165) is 29.2 Å². The summed E-state index contributed by atoms with van der Waals surface area (Å²) in [6, 6.07) is 10.2. The molecule has 1 saturated heterocycles. The molecule has 1 aromatic carbocycles. The second-order valence-corrected chi connectivity index (χ2v) is 6.27. The molecule has 21 heavy (non-hydrogen) atoms. The lowest BCUT2D eigenvalue weighted by Crippen LogP contribution is -2.50. The smallest absolute Gasteiger partial charge is 0.207 e. The third-order valence-electron chi connectivity index (χ3n) is 3.84. The average molecular weight is 318 g/mol. The minimum absolute atomic E-state index is 0.157. The SMILES string of the molecule is CCC1(CC)NC(=S)N(c2nc(-c3ccccc3)cs2)N1. The Morgan fingerprint density at radius 3 is 2.57 bits per heavy atom. The average Bonchev–Trinajstić information content (AvgIpc) is 3.13. The molecule has 3 rings (SSSR count). The summed E-state index contributed by atoms with van der Waals surface area (Å²) in [4.78, 5) is 4.70. The number of thiocarbonyl (C=S) groups is 1. The van der Waals surface area contributed by atoms with E-state index in [1.807, 2.05) is 23.2 Å². The fourth-order valence-corrected chi connectivity index (χ4v) is 3.57. The van der Waals surface area contributed by atoms with Gasteiger partial charge in [0, 0.05) is 10.9 Å². The Morgan fingerprint density at radius 2 is 1.95 bits per heavy atom. The second-order valence-electron chi connectivity index (χ2n) is 5.05. The number of rotatable bonds is 4. The first-order valence-corrected chi connectivity index (χ1v) is 8.37. The zero-order valence-corrected chi connectivity index (χ0v) is 13.7. The fraction of sp³-hybridized carbons (Fsp3) is 0.333. The van der Waals surface area contributed by atoms with E-state index < -0.39 is 0 Å². The maximum atomic E-state index is 5.45. The minimum atomic E-state index is -0.157. The highest BCUT2D eigenvalue weighted by atomic mass is 32.1. The van der Waals surface area contributed by atoms with Gasteiger partial charge in [0.15, 0.2) is 5.11 Å². The Balaban J connectivity index is 1.86. The number of thiazole rings is 1. The molecule has 0 saturated carbocycles. The second kappa shape index (κ2) is 5.71. The molecule has 2 N–H and O–H groups in total. The highest BCUT2D eigenvalue weighted by Crippen LogP contribution is 2.30. The van der Waals surface area contributed by atoms with Gasteiger partial charge in [-0.25, -0.2) is 15.4 Å². The number of benzene rings is 1. The van der Waals surface area contributed by atoms with Gasteiger partial charge in [-0.3, -0.25) is 0 Å². The molecule has 2 aromatic rings. The molecule has 0 bridgehead atoms. The van der Waals surface area contributed by atoms with Crippen LogP contribution in [0.4, 0.5) is 5.13 Å². The zero-order chi connectivity index (χ0) is 14.9. The standard InChI is InChI=1S/C15H18N4S2/c1-3-15(4-2)17-13(20)19(18-15)14-16-12(10-21-14)11-8-6-5-7-9-11/h5-10,18H,3-4H2,1-2H3,(H,17,20). The first-order valence-electron chi connectivity index (χ1n) is 7.08. The summed E-state index contributed by atoms with van der Waals surface area (Å²) < 4.78 is 0. The van der Waals surface area contributed by atoms with Crippen molar-refractivity contribution in [3.8, 4) is 11.3 Å². The Hall–Kier alpha value is -1.50. The van der Waals surface area contributed by atoms with E-state index in [4.69, 9.17) is 17.2 Å². The summed E-state index contributed by atoms with van der Waals surface area (Å²) in [6.45, 7) is 4.29. The lowest BCUT2D eigenvalue weighted by molar-refractivity contribution is 0.315. The van der Waals surface area contributed by atoms with Crippen LogP contribution in [0.2, 0.25) is 0 Å². The molecule has 0 aliphatic carbocycles. The summed E-state index contributed by atoms with van der Waals surface area (Å²) >= 11 is 7.04. The third-order valence-corrected chi connectivity index (χ3v) is 4.95. The van der Waals surface area contributed by atoms with Gasteiger partial charge in [0.2, 0.25) is 5.13 Å². The minimum Gasteiger partial charge on any atom is -0.342 e. The lowest BCUT2D eigenvalue weighted by atomic mass is 10.1. The topological polar surface area (TPSA) is 40.2 Å². The third kappa shape index (κ3) is 2.66. The van der Waals surface area contributed by atoms with Crippen molar-refractivity contribution >= 4 is 33.8 Å². The summed E-state index contributed by atoms with van der Waals surface area (Å²) in [5.41, 5.74) is 5.40. The largest absolute Gasteiger partial charge is 0.342 e. The van der Waals surface area contributed by atoms with Crippen LogP contribution in [0.5, 0.6) is 0 Å². The van der Waals surface area contributed by atoms with Gasteiger partial charge in [-0.2, -0.15) is 0 Å². The molecule has 6 heteroatoms. The predicted octanol–water partition coefficient (Wildman–Crippen LogP) is 3.53. The molecule has 0 amide bonds. The van der Waals surface area contributed by atoms with Crippen molar-refractivity contribution in [3.05, 3.63) is 35.7 Å². The molecule has 4 nitrogen and oxygen atoms in total. The molecule has 1 aromatic heterocycles. The molecule has 0 radical (unpaired) electrons. The monoisotopic (exact) mass is 318 g/mol. The van der Waals surface area contributed by atoms with Gasteiger partial charge in [-0.05, 0) is 25.1 Å². The first-order chi connectivity index (χ1) is 10.2. The van der Waals surface area contributed by atoms with Crippen LogP contribution in [0.15, 0.2) is 35.7 Å². The van der Waals surface area contributed by atoms with Crippen molar-refractivity contribution in [2.45, 2.75) is 32.4 Å². The maximum Gasteiger partial charge on any atom is 0.207 e.